The number of nitrogens with zero attached hydrogens (tertiary/aromatic N) is 1. The van der Waals surface area contributed by atoms with Crippen LogP contribution in [0.3, 0.4) is 0 Å². The summed E-state index contributed by atoms with van der Waals surface area (Å²) in [6.07, 6.45) is 5.46. The number of rotatable bonds is 3. The van der Waals surface area contributed by atoms with E-state index in [-0.39, 0.29) is 17.1 Å². The van der Waals surface area contributed by atoms with Gasteiger partial charge in [0.25, 0.3) is 0 Å². The second-order valence-corrected chi connectivity index (χ2v) is 5.59. The van der Waals surface area contributed by atoms with Crippen molar-refractivity contribution >= 4 is 5.88 Å². The highest BCUT2D eigenvalue weighted by Crippen LogP contribution is 2.48. The molecule has 0 bridgehead atoms. The topological polar surface area (TPSA) is 52.0 Å². The Morgan fingerprint density at radius 3 is 2.65 bits per heavy atom. The van der Waals surface area contributed by atoms with Crippen LogP contribution < -0.4 is 5.73 Å². The van der Waals surface area contributed by atoms with Crippen molar-refractivity contribution in [2.75, 3.05) is 5.73 Å². The molecule has 1 saturated carbocycles. The van der Waals surface area contributed by atoms with Crippen LogP contribution in [0, 0.1) is 5.82 Å². The number of hydrogen-bond donors (Lipinski definition) is 1. The predicted octanol–water partition coefficient (Wildman–Crippen LogP) is 4.28. The normalized spacial score (nSPS) is 17.5. The molecule has 1 aliphatic carbocycles. The molecule has 3 nitrogen and oxygen atoms in total. The quantitative estimate of drug-likeness (QED) is 0.908. The molecular weight excluding hydrogens is 255 g/mol. The SMILES string of the molecule is CCC1(c2noc(N)c2-c2ccccc2F)CCCC1. The van der Waals surface area contributed by atoms with Crippen LogP contribution >= 0.6 is 0 Å². The molecule has 106 valence electrons. The highest BCUT2D eigenvalue weighted by molar-refractivity contribution is 5.76. The summed E-state index contributed by atoms with van der Waals surface area (Å²) in [4.78, 5) is 0. The monoisotopic (exact) mass is 274 g/mol. The lowest BCUT2D eigenvalue weighted by Crippen LogP contribution is -2.22. The maximum absolute atomic E-state index is 14.1. The summed E-state index contributed by atoms with van der Waals surface area (Å²) in [6, 6.07) is 6.66. The molecule has 0 aliphatic heterocycles. The van der Waals surface area contributed by atoms with Crippen molar-refractivity contribution in [3.63, 3.8) is 0 Å². The molecular formula is C16H19FN2O. The Kier molecular flexibility index (Phi) is 3.24. The van der Waals surface area contributed by atoms with Gasteiger partial charge in [-0.25, -0.2) is 4.39 Å². The molecule has 1 aromatic heterocycles. The van der Waals surface area contributed by atoms with Gasteiger partial charge in [-0.2, -0.15) is 0 Å². The molecule has 3 rings (SSSR count). The number of halogens is 1. The fraction of sp³-hybridized carbons (Fsp3) is 0.438. The van der Waals surface area contributed by atoms with Gasteiger partial charge in [0.1, 0.15) is 5.82 Å². The molecule has 1 aromatic carbocycles. The highest BCUT2D eigenvalue weighted by atomic mass is 19.1. The van der Waals surface area contributed by atoms with Crippen LogP contribution in [0.2, 0.25) is 0 Å². The fourth-order valence-electron chi connectivity index (χ4n) is 3.40. The standard InChI is InChI=1S/C16H19FN2O/c1-2-16(9-5-6-10-16)14-13(15(18)20-19-14)11-7-3-4-8-12(11)17/h3-4,7-8H,2,5-6,9-10,18H2,1H3. The molecule has 0 radical (unpaired) electrons. The minimum Gasteiger partial charge on any atom is -0.367 e. The van der Waals surface area contributed by atoms with Gasteiger partial charge < -0.3 is 10.3 Å². The van der Waals surface area contributed by atoms with E-state index in [1.165, 1.54) is 18.9 Å². The van der Waals surface area contributed by atoms with Gasteiger partial charge in [-0.3, -0.25) is 0 Å². The van der Waals surface area contributed by atoms with Gasteiger partial charge in [-0.15, -0.1) is 0 Å². The largest absolute Gasteiger partial charge is 0.367 e. The maximum atomic E-state index is 14.1. The summed E-state index contributed by atoms with van der Waals surface area (Å²) in [6.45, 7) is 2.15. The van der Waals surface area contributed by atoms with Crippen LogP contribution in [0.5, 0.6) is 0 Å². The average molecular weight is 274 g/mol. The number of anilines is 1. The Labute approximate surface area is 118 Å². The second-order valence-electron chi connectivity index (χ2n) is 5.59. The smallest absolute Gasteiger partial charge is 0.230 e. The van der Waals surface area contributed by atoms with Crippen LogP contribution in [-0.2, 0) is 5.41 Å². The third-order valence-corrected chi connectivity index (χ3v) is 4.60. The zero-order valence-electron chi connectivity index (χ0n) is 11.7. The van der Waals surface area contributed by atoms with E-state index in [2.05, 4.69) is 12.1 Å². The van der Waals surface area contributed by atoms with Gasteiger partial charge in [0.15, 0.2) is 0 Å². The lowest BCUT2D eigenvalue weighted by atomic mass is 9.77. The third-order valence-electron chi connectivity index (χ3n) is 4.60. The maximum Gasteiger partial charge on any atom is 0.230 e. The Balaban J connectivity index is 2.18. The van der Waals surface area contributed by atoms with Gasteiger partial charge in [-0.1, -0.05) is 43.1 Å². The molecule has 20 heavy (non-hydrogen) atoms. The molecule has 0 saturated heterocycles. The Hall–Kier alpha value is -1.84. The van der Waals surface area contributed by atoms with E-state index in [1.54, 1.807) is 12.1 Å². The van der Waals surface area contributed by atoms with Crippen LogP contribution in [-0.4, -0.2) is 5.16 Å². The average Bonchev–Trinajstić information content (AvgIpc) is 3.07. The van der Waals surface area contributed by atoms with E-state index in [9.17, 15) is 4.39 Å². The second kappa shape index (κ2) is 4.93. The highest BCUT2D eigenvalue weighted by Gasteiger charge is 2.40. The van der Waals surface area contributed by atoms with Crippen molar-refractivity contribution in [2.24, 2.45) is 0 Å². The van der Waals surface area contributed by atoms with Crippen molar-refractivity contribution in [2.45, 2.75) is 44.4 Å². The Morgan fingerprint density at radius 2 is 2.00 bits per heavy atom. The molecule has 1 aliphatic rings. The van der Waals surface area contributed by atoms with Crippen molar-refractivity contribution in [3.05, 3.63) is 35.8 Å². The summed E-state index contributed by atoms with van der Waals surface area (Å²) < 4.78 is 19.3. The minimum atomic E-state index is -0.284. The summed E-state index contributed by atoms with van der Waals surface area (Å²) in [5.41, 5.74) is 7.88. The molecule has 1 heterocycles. The first-order valence-electron chi connectivity index (χ1n) is 7.18. The zero-order chi connectivity index (χ0) is 14.2. The van der Waals surface area contributed by atoms with Crippen molar-refractivity contribution in [3.8, 4) is 11.1 Å². The predicted molar refractivity (Wildman–Crippen MR) is 76.7 cm³/mol. The van der Waals surface area contributed by atoms with Gasteiger partial charge in [0, 0.05) is 11.0 Å². The van der Waals surface area contributed by atoms with Crippen LogP contribution in [0.15, 0.2) is 28.8 Å². The molecule has 0 amide bonds. The number of nitrogen functional groups attached to an aromatic ring is 1. The Morgan fingerprint density at radius 1 is 1.30 bits per heavy atom. The summed E-state index contributed by atoms with van der Waals surface area (Å²) in [5, 5.41) is 4.19. The van der Waals surface area contributed by atoms with Crippen molar-refractivity contribution in [1.29, 1.82) is 0 Å². The molecule has 0 unspecified atom stereocenters. The van der Waals surface area contributed by atoms with E-state index >= 15 is 0 Å². The van der Waals surface area contributed by atoms with Crippen LogP contribution in [0.25, 0.3) is 11.1 Å². The molecule has 4 heteroatoms. The van der Waals surface area contributed by atoms with E-state index in [1.807, 2.05) is 6.07 Å². The number of nitrogens with two attached hydrogens (primary N) is 1. The first-order valence-corrected chi connectivity index (χ1v) is 7.18. The number of aromatic nitrogens is 1. The fourth-order valence-corrected chi connectivity index (χ4v) is 3.40. The number of hydrogen-bond acceptors (Lipinski definition) is 3. The minimum absolute atomic E-state index is 0.0151. The molecule has 1 fully saturated rings. The Bertz CT molecular complexity index is 615. The molecule has 2 aromatic rings. The zero-order valence-corrected chi connectivity index (χ0v) is 11.7. The molecule has 0 spiro atoms. The summed E-state index contributed by atoms with van der Waals surface area (Å²) in [5.74, 6) is -0.0716. The summed E-state index contributed by atoms with van der Waals surface area (Å²) in [7, 11) is 0. The van der Waals surface area contributed by atoms with Crippen molar-refractivity contribution in [1.82, 2.24) is 5.16 Å². The first kappa shape index (κ1) is 13.2. The van der Waals surface area contributed by atoms with Gasteiger partial charge in [-0.05, 0) is 25.3 Å². The van der Waals surface area contributed by atoms with Gasteiger partial charge in [0.2, 0.25) is 5.88 Å². The molecule has 2 N–H and O–H groups in total. The summed E-state index contributed by atoms with van der Waals surface area (Å²) >= 11 is 0. The third kappa shape index (κ3) is 1.90. The van der Waals surface area contributed by atoms with Gasteiger partial charge >= 0.3 is 0 Å². The van der Waals surface area contributed by atoms with Crippen LogP contribution in [0.4, 0.5) is 10.3 Å². The number of benzene rings is 1. The molecule has 0 atom stereocenters. The first-order chi connectivity index (χ1) is 9.68. The lowest BCUT2D eigenvalue weighted by molar-refractivity contribution is 0.361. The van der Waals surface area contributed by atoms with E-state index < -0.39 is 0 Å². The van der Waals surface area contributed by atoms with Crippen LogP contribution in [0.1, 0.15) is 44.7 Å². The van der Waals surface area contributed by atoms with Crippen molar-refractivity contribution < 1.29 is 8.91 Å². The van der Waals surface area contributed by atoms with Gasteiger partial charge in [0.05, 0.1) is 11.3 Å². The van der Waals surface area contributed by atoms with E-state index in [4.69, 9.17) is 10.3 Å². The lowest BCUT2D eigenvalue weighted by Gasteiger charge is -2.26. The van der Waals surface area contributed by atoms with E-state index in [0.717, 1.165) is 25.0 Å². The van der Waals surface area contributed by atoms with E-state index in [0.29, 0.717) is 11.1 Å².